The molecule has 1 saturated heterocycles. The van der Waals surface area contributed by atoms with Crippen molar-refractivity contribution in [2.24, 2.45) is 0 Å². The average molecular weight is 473 g/mol. The molecular formula is C23H29ClN6O3. The van der Waals surface area contributed by atoms with Crippen molar-refractivity contribution in [1.29, 1.82) is 0 Å². The summed E-state index contributed by atoms with van der Waals surface area (Å²) in [6.07, 6.45) is 4.97. The standard InChI is InChI=1S/C23H29ClN6O3/c1-5-33-20-17(29-22(31)32-4)7-6-14-15(11-25-19(14)20)18-16(24)12-26-21(30-18)28-13-8-9-23(2,3)27-10-13/h6-7,11-13,25,27H,5,8-10H2,1-4H3,(H,29,31)(H,26,28,30). The number of nitrogens with zero attached hydrogens (tertiary/aromatic N) is 2. The quantitative estimate of drug-likeness (QED) is 0.407. The van der Waals surface area contributed by atoms with Crippen LogP contribution in [-0.2, 0) is 4.74 Å². The maximum absolute atomic E-state index is 11.7. The highest BCUT2D eigenvalue weighted by atomic mass is 35.5. The number of ether oxygens (including phenoxy) is 2. The van der Waals surface area contributed by atoms with E-state index in [4.69, 9.17) is 26.1 Å². The van der Waals surface area contributed by atoms with Crippen molar-refractivity contribution < 1.29 is 14.3 Å². The molecule has 0 aliphatic carbocycles. The van der Waals surface area contributed by atoms with E-state index in [1.165, 1.54) is 7.11 Å². The number of halogens is 1. The van der Waals surface area contributed by atoms with Crippen molar-refractivity contribution in [2.75, 3.05) is 30.9 Å². The number of hydrogen-bond donors (Lipinski definition) is 4. The van der Waals surface area contributed by atoms with Crippen LogP contribution in [0.5, 0.6) is 5.75 Å². The van der Waals surface area contributed by atoms with Crippen molar-refractivity contribution in [3.8, 4) is 17.0 Å². The van der Waals surface area contributed by atoms with Crippen LogP contribution < -0.4 is 20.7 Å². The summed E-state index contributed by atoms with van der Waals surface area (Å²) >= 11 is 6.50. The Kier molecular flexibility index (Phi) is 6.62. The molecule has 0 bridgehead atoms. The molecule has 1 unspecified atom stereocenters. The number of fused-ring (bicyclic) bond motifs is 1. The van der Waals surface area contributed by atoms with Crippen molar-refractivity contribution in [1.82, 2.24) is 20.3 Å². The van der Waals surface area contributed by atoms with Crippen LogP contribution in [-0.4, -0.2) is 52.9 Å². The molecular weight excluding hydrogens is 444 g/mol. The number of hydrogen-bond acceptors (Lipinski definition) is 7. The molecule has 0 radical (unpaired) electrons. The van der Waals surface area contributed by atoms with Gasteiger partial charge >= 0.3 is 6.09 Å². The van der Waals surface area contributed by atoms with Gasteiger partial charge in [0.05, 0.1) is 41.8 Å². The molecule has 4 rings (SSSR count). The maximum atomic E-state index is 11.7. The lowest BCUT2D eigenvalue weighted by atomic mass is 9.91. The lowest BCUT2D eigenvalue weighted by Gasteiger charge is -2.36. The average Bonchev–Trinajstić information content (AvgIpc) is 3.22. The van der Waals surface area contributed by atoms with E-state index in [0.29, 0.717) is 34.7 Å². The lowest BCUT2D eigenvalue weighted by molar-refractivity contribution is 0.186. The molecule has 176 valence electrons. The van der Waals surface area contributed by atoms with Gasteiger partial charge in [0.15, 0.2) is 5.75 Å². The Morgan fingerprint density at radius 1 is 1.36 bits per heavy atom. The van der Waals surface area contributed by atoms with Gasteiger partial charge in [0.25, 0.3) is 0 Å². The molecule has 3 aromatic rings. The number of methoxy groups -OCH3 is 1. The third-order valence-electron chi connectivity index (χ3n) is 5.80. The first-order chi connectivity index (χ1) is 15.8. The second-order valence-electron chi connectivity index (χ2n) is 8.65. The summed E-state index contributed by atoms with van der Waals surface area (Å²) in [6.45, 7) is 7.57. The first-order valence-electron chi connectivity index (χ1n) is 11.0. The first kappa shape index (κ1) is 23.1. The van der Waals surface area contributed by atoms with Crippen LogP contribution in [0.2, 0.25) is 5.02 Å². The van der Waals surface area contributed by atoms with E-state index in [-0.39, 0.29) is 11.6 Å². The Morgan fingerprint density at radius 2 is 2.18 bits per heavy atom. The molecule has 1 atom stereocenters. The van der Waals surface area contributed by atoms with Gasteiger partial charge in [-0.15, -0.1) is 0 Å². The Hall–Kier alpha value is -3.04. The van der Waals surface area contributed by atoms with Crippen molar-refractivity contribution in [3.63, 3.8) is 0 Å². The second-order valence-corrected chi connectivity index (χ2v) is 9.06. The van der Waals surface area contributed by atoms with Gasteiger partial charge in [-0.2, -0.15) is 0 Å². The van der Waals surface area contributed by atoms with Crippen LogP contribution in [0.3, 0.4) is 0 Å². The monoisotopic (exact) mass is 472 g/mol. The van der Waals surface area contributed by atoms with Gasteiger partial charge in [-0.1, -0.05) is 11.6 Å². The number of H-pyrrole nitrogens is 1. The van der Waals surface area contributed by atoms with E-state index in [1.54, 1.807) is 12.3 Å². The number of nitrogens with one attached hydrogen (secondary N) is 4. The number of rotatable bonds is 6. The summed E-state index contributed by atoms with van der Waals surface area (Å²) in [5.41, 5.74) is 2.81. The SMILES string of the molecule is CCOc1c(NC(=O)OC)ccc2c(-c3nc(NC4CCC(C)(C)NC4)ncc3Cl)c[nH]c12. The molecule has 2 aromatic heterocycles. The molecule has 4 N–H and O–H groups in total. The lowest BCUT2D eigenvalue weighted by Crippen LogP contribution is -2.50. The fraction of sp³-hybridized carbons (Fsp3) is 0.435. The minimum atomic E-state index is -0.572. The molecule has 0 spiro atoms. The van der Waals surface area contributed by atoms with E-state index in [0.717, 1.165) is 35.9 Å². The predicted molar refractivity (Wildman–Crippen MR) is 130 cm³/mol. The summed E-state index contributed by atoms with van der Waals surface area (Å²) < 4.78 is 10.5. The van der Waals surface area contributed by atoms with Crippen LogP contribution in [0.15, 0.2) is 24.5 Å². The third kappa shape index (κ3) is 4.99. The fourth-order valence-electron chi connectivity index (χ4n) is 3.98. The summed E-state index contributed by atoms with van der Waals surface area (Å²) in [5, 5.41) is 11.0. The molecule has 1 fully saturated rings. The zero-order chi connectivity index (χ0) is 23.6. The van der Waals surface area contributed by atoms with Gasteiger partial charge in [0.1, 0.15) is 0 Å². The molecule has 1 aliphatic heterocycles. The minimum Gasteiger partial charge on any atom is -0.489 e. The number of aromatic nitrogens is 3. The molecule has 1 aliphatic rings. The topological polar surface area (TPSA) is 113 Å². The minimum absolute atomic E-state index is 0.147. The Balaban J connectivity index is 1.66. The van der Waals surface area contributed by atoms with E-state index in [2.05, 4.69) is 39.8 Å². The van der Waals surface area contributed by atoms with Gasteiger partial charge < -0.3 is 25.1 Å². The smallest absolute Gasteiger partial charge is 0.411 e. The van der Waals surface area contributed by atoms with Gasteiger partial charge in [-0.05, 0) is 45.7 Å². The highest BCUT2D eigenvalue weighted by molar-refractivity contribution is 6.33. The molecule has 9 nitrogen and oxygen atoms in total. The zero-order valence-electron chi connectivity index (χ0n) is 19.2. The van der Waals surface area contributed by atoms with Crippen LogP contribution in [0, 0.1) is 0 Å². The number of amides is 1. The molecule has 1 amide bonds. The normalized spacial score (nSPS) is 17.5. The highest BCUT2D eigenvalue weighted by Gasteiger charge is 2.26. The summed E-state index contributed by atoms with van der Waals surface area (Å²) in [4.78, 5) is 24.1. The second kappa shape index (κ2) is 9.44. The summed E-state index contributed by atoms with van der Waals surface area (Å²) in [5.74, 6) is 1.05. The molecule has 33 heavy (non-hydrogen) atoms. The maximum Gasteiger partial charge on any atom is 0.411 e. The van der Waals surface area contributed by atoms with Gasteiger partial charge in [0, 0.05) is 35.3 Å². The number of carbonyl (C=O) groups excluding carboxylic acids is 1. The van der Waals surface area contributed by atoms with E-state index < -0.39 is 6.09 Å². The van der Waals surface area contributed by atoms with Gasteiger partial charge in [-0.3, -0.25) is 5.32 Å². The van der Waals surface area contributed by atoms with E-state index in [9.17, 15) is 4.79 Å². The summed E-state index contributed by atoms with van der Waals surface area (Å²) in [7, 11) is 1.31. The van der Waals surface area contributed by atoms with Crippen LogP contribution in [0.1, 0.15) is 33.6 Å². The van der Waals surface area contributed by atoms with Gasteiger partial charge in [0.2, 0.25) is 5.95 Å². The Labute approximate surface area is 197 Å². The third-order valence-corrected chi connectivity index (χ3v) is 6.07. The zero-order valence-corrected chi connectivity index (χ0v) is 20.0. The molecule has 0 saturated carbocycles. The Bertz CT molecular complexity index is 1150. The molecule has 3 heterocycles. The molecule has 1 aromatic carbocycles. The number of benzene rings is 1. The highest BCUT2D eigenvalue weighted by Crippen LogP contribution is 2.39. The van der Waals surface area contributed by atoms with Crippen molar-refractivity contribution >= 4 is 40.2 Å². The number of carbonyl (C=O) groups is 1. The van der Waals surface area contributed by atoms with E-state index in [1.807, 2.05) is 19.2 Å². The predicted octanol–water partition coefficient (Wildman–Crippen LogP) is 4.80. The largest absolute Gasteiger partial charge is 0.489 e. The van der Waals surface area contributed by atoms with E-state index >= 15 is 0 Å². The fourth-order valence-corrected chi connectivity index (χ4v) is 4.17. The number of piperidine rings is 1. The number of anilines is 2. The first-order valence-corrected chi connectivity index (χ1v) is 11.4. The van der Waals surface area contributed by atoms with Crippen molar-refractivity contribution in [2.45, 2.75) is 45.2 Å². The number of aromatic amines is 1. The molecule has 10 heteroatoms. The van der Waals surface area contributed by atoms with Crippen LogP contribution in [0.25, 0.3) is 22.2 Å². The van der Waals surface area contributed by atoms with Crippen molar-refractivity contribution in [3.05, 3.63) is 29.5 Å². The Morgan fingerprint density at radius 3 is 2.88 bits per heavy atom. The summed E-state index contributed by atoms with van der Waals surface area (Å²) in [6, 6.07) is 3.89. The van der Waals surface area contributed by atoms with Gasteiger partial charge in [-0.25, -0.2) is 14.8 Å². The van der Waals surface area contributed by atoms with Crippen LogP contribution in [0.4, 0.5) is 16.4 Å². The van der Waals surface area contributed by atoms with Crippen LogP contribution >= 0.6 is 11.6 Å².